The monoisotopic (exact) mass is 453 g/mol. The van der Waals surface area contributed by atoms with Gasteiger partial charge < -0.3 is 25.0 Å². The van der Waals surface area contributed by atoms with Gasteiger partial charge in [-0.15, -0.1) is 0 Å². The highest BCUT2D eigenvalue weighted by molar-refractivity contribution is 6.18. The van der Waals surface area contributed by atoms with Gasteiger partial charge in [0, 0.05) is 32.3 Å². The lowest BCUT2D eigenvalue weighted by Crippen LogP contribution is -2.19. The lowest BCUT2D eigenvalue weighted by molar-refractivity contribution is -0.131. The van der Waals surface area contributed by atoms with E-state index < -0.39 is 29.0 Å². The highest BCUT2D eigenvalue weighted by Crippen LogP contribution is 2.43. The molecule has 0 spiro atoms. The Kier molecular flexibility index (Phi) is 6.48. The van der Waals surface area contributed by atoms with Gasteiger partial charge in [-0.05, 0) is 55.5 Å². The molecule has 0 saturated heterocycles. The van der Waals surface area contributed by atoms with Gasteiger partial charge in [0.2, 0.25) is 0 Å². The van der Waals surface area contributed by atoms with Crippen LogP contribution in [-0.4, -0.2) is 47.0 Å². The first-order chi connectivity index (χ1) is 15.5. The van der Waals surface area contributed by atoms with E-state index in [1.807, 2.05) is 25.9 Å². The summed E-state index contributed by atoms with van der Waals surface area (Å²) in [6, 6.07) is 4.63. The molecule has 0 radical (unpaired) electrons. The Morgan fingerprint density at radius 2 is 1.76 bits per heavy atom. The van der Waals surface area contributed by atoms with Crippen LogP contribution >= 0.6 is 0 Å². The molecule has 33 heavy (non-hydrogen) atoms. The van der Waals surface area contributed by atoms with E-state index in [2.05, 4.69) is 0 Å². The standard InChI is InChI=1S/C25H27NO7/c1-6-15-17(26(4)5)9-10-19(33-13(3)28)22(15)24(31)16-8-7-14-11-18(29)20(12(2)27)25(32)21(14)23(16)30/h9-11,29,31-32H,6-8H2,1-5H3. The first-order valence-electron chi connectivity index (χ1n) is 10.6. The second-order valence-corrected chi connectivity index (χ2v) is 8.14. The van der Waals surface area contributed by atoms with Gasteiger partial charge in [-0.25, -0.2) is 0 Å². The van der Waals surface area contributed by atoms with Crippen molar-refractivity contribution in [1.29, 1.82) is 0 Å². The molecule has 0 unspecified atom stereocenters. The number of ether oxygens (including phenoxy) is 1. The molecular formula is C25H27NO7. The number of fused-ring (bicyclic) bond motifs is 1. The largest absolute Gasteiger partial charge is 0.507 e. The van der Waals surface area contributed by atoms with Crippen molar-refractivity contribution in [2.45, 2.75) is 40.0 Å². The second kappa shape index (κ2) is 8.97. The summed E-state index contributed by atoms with van der Waals surface area (Å²) in [7, 11) is 3.67. The summed E-state index contributed by atoms with van der Waals surface area (Å²) in [6.45, 7) is 4.30. The number of rotatable bonds is 5. The third kappa shape index (κ3) is 4.16. The molecule has 1 aliphatic carbocycles. The van der Waals surface area contributed by atoms with Crippen LogP contribution in [-0.2, 0) is 17.6 Å². The first-order valence-corrected chi connectivity index (χ1v) is 10.6. The summed E-state index contributed by atoms with van der Waals surface area (Å²) in [6.07, 6.45) is 0.857. The van der Waals surface area contributed by atoms with Gasteiger partial charge in [0.1, 0.15) is 28.6 Å². The summed E-state index contributed by atoms with van der Waals surface area (Å²) in [5.74, 6) is -3.05. The van der Waals surface area contributed by atoms with Crippen LogP contribution in [0.4, 0.5) is 5.69 Å². The highest BCUT2D eigenvalue weighted by Gasteiger charge is 2.33. The van der Waals surface area contributed by atoms with E-state index >= 15 is 0 Å². The number of phenolic OH excluding ortho intramolecular Hbond substituents is 2. The van der Waals surface area contributed by atoms with E-state index in [1.165, 1.54) is 19.9 Å². The van der Waals surface area contributed by atoms with Crippen LogP contribution in [0.25, 0.3) is 5.76 Å². The molecular weight excluding hydrogens is 426 g/mol. The van der Waals surface area contributed by atoms with Crippen LogP contribution in [0.3, 0.4) is 0 Å². The van der Waals surface area contributed by atoms with Crippen LogP contribution in [0, 0.1) is 0 Å². The zero-order valence-corrected chi connectivity index (χ0v) is 19.3. The number of aryl methyl sites for hydroxylation is 1. The van der Waals surface area contributed by atoms with Crippen molar-refractivity contribution in [1.82, 2.24) is 0 Å². The zero-order chi connectivity index (χ0) is 24.6. The topological polar surface area (TPSA) is 124 Å². The number of benzene rings is 2. The number of esters is 1. The van der Waals surface area contributed by atoms with Gasteiger partial charge in [0.25, 0.3) is 0 Å². The van der Waals surface area contributed by atoms with Crippen molar-refractivity contribution in [2.75, 3.05) is 19.0 Å². The lowest BCUT2D eigenvalue weighted by Gasteiger charge is -2.25. The molecule has 174 valence electrons. The molecule has 0 fully saturated rings. The van der Waals surface area contributed by atoms with Gasteiger partial charge in [0.15, 0.2) is 11.6 Å². The van der Waals surface area contributed by atoms with Gasteiger partial charge in [-0.2, -0.15) is 0 Å². The number of aliphatic hydroxyl groups is 1. The number of anilines is 1. The number of Topliss-reactive ketones (excluding diaryl/α,β-unsaturated/α-hetero) is 2. The molecule has 3 N–H and O–H groups in total. The predicted molar refractivity (Wildman–Crippen MR) is 123 cm³/mol. The molecule has 8 heteroatoms. The molecule has 0 atom stereocenters. The number of hydrogen-bond donors (Lipinski definition) is 3. The Bertz CT molecular complexity index is 1210. The fourth-order valence-corrected chi connectivity index (χ4v) is 4.30. The van der Waals surface area contributed by atoms with Crippen molar-refractivity contribution >= 4 is 29.0 Å². The minimum Gasteiger partial charge on any atom is -0.507 e. The number of carbonyl (C=O) groups is 3. The molecule has 1 aliphatic rings. The van der Waals surface area contributed by atoms with E-state index in [-0.39, 0.29) is 46.6 Å². The summed E-state index contributed by atoms with van der Waals surface area (Å²) in [5, 5.41) is 32.1. The minimum atomic E-state index is -0.653. The number of aromatic hydroxyl groups is 2. The SMILES string of the molecule is CCc1c(N(C)C)ccc(OC(C)=O)c1C(O)=C1CCc2cc(O)c(C(C)=O)c(O)c2C1=O. The molecule has 0 bridgehead atoms. The third-order valence-electron chi connectivity index (χ3n) is 5.72. The van der Waals surface area contributed by atoms with Gasteiger partial charge >= 0.3 is 5.97 Å². The van der Waals surface area contributed by atoms with Crippen molar-refractivity contribution in [3.8, 4) is 17.2 Å². The maximum Gasteiger partial charge on any atom is 0.308 e. The Morgan fingerprint density at radius 1 is 1.09 bits per heavy atom. The average Bonchev–Trinajstić information content (AvgIpc) is 2.71. The van der Waals surface area contributed by atoms with Crippen molar-refractivity contribution in [3.05, 3.63) is 51.6 Å². The Hall–Kier alpha value is -3.81. The molecule has 0 saturated carbocycles. The molecule has 0 aromatic heterocycles. The summed E-state index contributed by atoms with van der Waals surface area (Å²) < 4.78 is 5.34. The van der Waals surface area contributed by atoms with E-state index in [1.54, 1.807) is 12.1 Å². The van der Waals surface area contributed by atoms with Crippen molar-refractivity contribution in [2.24, 2.45) is 0 Å². The third-order valence-corrected chi connectivity index (χ3v) is 5.72. The first kappa shape index (κ1) is 23.8. The Labute approximate surface area is 191 Å². The summed E-state index contributed by atoms with van der Waals surface area (Å²) >= 11 is 0. The van der Waals surface area contributed by atoms with Crippen molar-refractivity contribution < 1.29 is 34.4 Å². The number of hydrogen-bond acceptors (Lipinski definition) is 8. The number of aliphatic hydroxyl groups excluding tert-OH is 1. The number of phenols is 2. The Morgan fingerprint density at radius 3 is 2.30 bits per heavy atom. The Balaban J connectivity index is 2.29. The fourth-order valence-electron chi connectivity index (χ4n) is 4.30. The second-order valence-electron chi connectivity index (χ2n) is 8.14. The van der Waals surface area contributed by atoms with E-state index in [0.717, 1.165) is 5.69 Å². The molecule has 2 aromatic carbocycles. The molecule has 0 aliphatic heterocycles. The number of ketones is 2. The quantitative estimate of drug-likeness (QED) is 0.204. The van der Waals surface area contributed by atoms with Crippen LogP contribution in [0.5, 0.6) is 17.2 Å². The predicted octanol–water partition coefficient (Wildman–Crippen LogP) is 3.95. The maximum atomic E-state index is 13.4. The molecule has 0 amide bonds. The van der Waals surface area contributed by atoms with Gasteiger partial charge in [-0.3, -0.25) is 14.4 Å². The summed E-state index contributed by atoms with van der Waals surface area (Å²) in [4.78, 5) is 38.9. The molecule has 2 aromatic rings. The number of carbonyl (C=O) groups excluding carboxylic acids is 3. The summed E-state index contributed by atoms with van der Waals surface area (Å²) in [5.41, 5.74) is 1.64. The van der Waals surface area contributed by atoms with Gasteiger partial charge in [-0.1, -0.05) is 6.92 Å². The van der Waals surface area contributed by atoms with Gasteiger partial charge in [0.05, 0.1) is 11.1 Å². The zero-order valence-electron chi connectivity index (χ0n) is 19.3. The molecule has 8 nitrogen and oxygen atoms in total. The van der Waals surface area contributed by atoms with Crippen LogP contribution < -0.4 is 9.64 Å². The normalized spacial score (nSPS) is 14.5. The van der Waals surface area contributed by atoms with E-state index in [0.29, 0.717) is 17.5 Å². The smallest absolute Gasteiger partial charge is 0.308 e. The maximum absolute atomic E-state index is 13.4. The molecule has 3 rings (SSSR count). The van der Waals surface area contributed by atoms with Crippen LogP contribution in [0.15, 0.2) is 23.8 Å². The van der Waals surface area contributed by atoms with Crippen LogP contribution in [0.1, 0.15) is 64.6 Å². The minimum absolute atomic E-state index is 0.0250. The highest BCUT2D eigenvalue weighted by atomic mass is 16.5. The van der Waals surface area contributed by atoms with Crippen LogP contribution in [0.2, 0.25) is 0 Å². The number of nitrogens with zero attached hydrogens (tertiary/aromatic N) is 1. The number of allylic oxidation sites excluding steroid dienone is 1. The van der Waals surface area contributed by atoms with E-state index in [9.17, 15) is 29.7 Å². The fraction of sp³-hybridized carbons (Fsp3) is 0.320. The lowest BCUT2D eigenvalue weighted by atomic mass is 9.82. The molecule has 0 heterocycles. The van der Waals surface area contributed by atoms with Crippen molar-refractivity contribution in [3.63, 3.8) is 0 Å². The average molecular weight is 453 g/mol. The van der Waals surface area contributed by atoms with E-state index in [4.69, 9.17) is 4.74 Å².